The van der Waals surface area contributed by atoms with Gasteiger partial charge < -0.3 is 10.4 Å². The van der Waals surface area contributed by atoms with Crippen LogP contribution in [0.4, 0.5) is 9.18 Å². The molecule has 0 unspecified atom stereocenters. The second kappa shape index (κ2) is 6.33. The van der Waals surface area contributed by atoms with Gasteiger partial charge in [-0.1, -0.05) is 23.7 Å². The van der Waals surface area contributed by atoms with Crippen molar-refractivity contribution in [1.82, 2.24) is 10.2 Å². The monoisotopic (exact) mass is 346 g/mol. The van der Waals surface area contributed by atoms with Gasteiger partial charge in [0.2, 0.25) is 0 Å². The van der Waals surface area contributed by atoms with Crippen LogP contribution in [0.15, 0.2) is 48.2 Å². The second-order valence-corrected chi connectivity index (χ2v) is 5.65. The maximum absolute atomic E-state index is 12.9. The third-order valence-corrected chi connectivity index (χ3v) is 3.74. The van der Waals surface area contributed by atoms with Crippen LogP contribution in [0.2, 0.25) is 5.02 Å². The summed E-state index contributed by atoms with van der Waals surface area (Å²) in [5, 5.41) is 12.6. The zero-order chi connectivity index (χ0) is 17.3. The van der Waals surface area contributed by atoms with Gasteiger partial charge in [0.05, 0.1) is 6.54 Å². The number of nitrogens with zero attached hydrogens (tertiary/aromatic N) is 1. The zero-order valence-electron chi connectivity index (χ0n) is 12.3. The summed E-state index contributed by atoms with van der Waals surface area (Å²) in [7, 11) is 0. The summed E-state index contributed by atoms with van der Waals surface area (Å²) in [6.45, 7) is 0.0177. The first kappa shape index (κ1) is 16.0. The summed E-state index contributed by atoms with van der Waals surface area (Å²) in [6.07, 6.45) is 1.35. The number of phenols is 1. The summed E-state index contributed by atoms with van der Waals surface area (Å²) < 4.78 is 12.9. The van der Waals surface area contributed by atoms with Gasteiger partial charge in [0, 0.05) is 10.6 Å². The molecule has 2 aromatic rings. The number of imide groups is 1. The average Bonchev–Trinajstić information content (AvgIpc) is 2.80. The lowest BCUT2D eigenvalue weighted by Crippen LogP contribution is -2.30. The molecule has 0 bridgehead atoms. The Morgan fingerprint density at radius 3 is 2.58 bits per heavy atom. The van der Waals surface area contributed by atoms with E-state index in [1.165, 1.54) is 48.5 Å². The van der Waals surface area contributed by atoms with E-state index in [0.717, 1.165) is 4.90 Å². The first-order chi connectivity index (χ1) is 11.4. The summed E-state index contributed by atoms with van der Waals surface area (Å²) in [5.41, 5.74) is 0.959. The van der Waals surface area contributed by atoms with E-state index in [9.17, 15) is 19.1 Å². The van der Waals surface area contributed by atoms with E-state index in [-0.39, 0.29) is 18.0 Å². The van der Waals surface area contributed by atoms with Gasteiger partial charge in [-0.3, -0.25) is 9.69 Å². The Kier molecular flexibility index (Phi) is 4.22. The van der Waals surface area contributed by atoms with Gasteiger partial charge >= 0.3 is 6.03 Å². The van der Waals surface area contributed by atoms with Crippen LogP contribution in [0.1, 0.15) is 11.1 Å². The molecule has 0 aromatic heterocycles. The predicted molar refractivity (Wildman–Crippen MR) is 86.6 cm³/mol. The number of urea groups is 1. The molecule has 1 heterocycles. The molecular formula is C17H12ClFN2O3. The molecule has 3 rings (SSSR count). The Balaban J connectivity index is 1.84. The molecule has 1 aliphatic rings. The molecular weight excluding hydrogens is 335 g/mol. The van der Waals surface area contributed by atoms with E-state index >= 15 is 0 Å². The number of amides is 3. The lowest BCUT2D eigenvalue weighted by molar-refractivity contribution is -0.123. The van der Waals surface area contributed by atoms with Crippen LogP contribution < -0.4 is 5.32 Å². The minimum absolute atomic E-state index is 0.0177. The Morgan fingerprint density at radius 2 is 1.88 bits per heavy atom. The maximum atomic E-state index is 12.9. The molecule has 2 aromatic carbocycles. The Hall–Kier alpha value is -2.86. The summed E-state index contributed by atoms with van der Waals surface area (Å²) >= 11 is 5.86. The van der Waals surface area contributed by atoms with E-state index in [2.05, 4.69) is 5.32 Å². The Bertz CT molecular complexity index is 849. The zero-order valence-corrected chi connectivity index (χ0v) is 13.0. The number of aromatic hydroxyl groups is 1. The fourth-order valence-electron chi connectivity index (χ4n) is 2.28. The lowest BCUT2D eigenvalue weighted by Gasteiger charge is -2.11. The number of benzene rings is 2. The molecule has 0 aliphatic carbocycles. The maximum Gasteiger partial charge on any atom is 0.329 e. The summed E-state index contributed by atoms with van der Waals surface area (Å²) in [4.78, 5) is 25.4. The first-order valence-corrected chi connectivity index (χ1v) is 7.39. The van der Waals surface area contributed by atoms with Crippen molar-refractivity contribution in [2.24, 2.45) is 0 Å². The standard InChI is InChI=1S/C17H12ClFN2O3/c18-12-3-6-15(22)11(7-12)8-14-16(23)21(17(24)20-14)9-10-1-4-13(19)5-2-10/h1-8,22H,9H2,(H,20,24)/b14-8+. The van der Waals surface area contributed by atoms with Crippen molar-refractivity contribution in [2.45, 2.75) is 6.54 Å². The van der Waals surface area contributed by atoms with Crippen LogP contribution in [0.5, 0.6) is 5.75 Å². The van der Waals surface area contributed by atoms with Crippen molar-refractivity contribution in [3.05, 3.63) is 70.1 Å². The van der Waals surface area contributed by atoms with E-state index in [0.29, 0.717) is 16.1 Å². The molecule has 122 valence electrons. The molecule has 0 saturated carbocycles. The number of nitrogens with one attached hydrogen (secondary N) is 1. The molecule has 1 saturated heterocycles. The Morgan fingerprint density at radius 1 is 1.17 bits per heavy atom. The molecule has 7 heteroatoms. The van der Waals surface area contributed by atoms with E-state index in [1.807, 2.05) is 0 Å². The van der Waals surface area contributed by atoms with Crippen molar-refractivity contribution in [2.75, 3.05) is 0 Å². The number of rotatable bonds is 3. The van der Waals surface area contributed by atoms with Gasteiger partial charge in [-0.25, -0.2) is 9.18 Å². The fraction of sp³-hybridized carbons (Fsp3) is 0.0588. The minimum Gasteiger partial charge on any atom is -0.507 e. The molecule has 1 aliphatic heterocycles. The predicted octanol–water partition coefficient (Wildman–Crippen LogP) is 3.28. The number of carbonyl (C=O) groups excluding carboxylic acids is 2. The van der Waals surface area contributed by atoms with Crippen LogP contribution in [-0.4, -0.2) is 21.9 Å². The molecule has 1 fully saturated rings. The minimum atomic E-state index is -0.586. The molecule has 2 N–H and O–H groups in total. The van der Waals surface area contributed by atoms with Gasteiger partial charge in [-0.2, -0.15) is 0 Å². The van der Waals surface area contributed by atoms with E-state index < -0.39 is 17.8 Å². The van der Waals surface area contributed by atoms with E-state index in [4.69, 9.17) is 11.6 Å². The number of carbonyl (C=O) groups is 2. The Labute approximate surface area is 142 Å². The SMILES string of the molecule is O=C1N/C(=C/c2cc(Cl)ccc2O)C(=O)N1Cc1ccc(F)cc1. The largest absolute Gasteiger partial charge is 0.507 e. The highest BCUT2D eigenvalue weighted by molar-refractivity contribution is 6.30. The van der Waals surface area contributed by atoms with Gasteiger partial charge in [-0.15, -0.1) is 0 Å². The highest BCUT2D eigenvalue weighted by atomic mass is 35.5. The van der Waals surface area contributed by atoms with Gasteiger partial charge in [0.1, 0.15) is 17.3 Å². The highest BCUT2D eigenvalue weighted by Crippen LogP contribution is 2.25. The molecule has 3 amide bonds. The average molecular weight is 347 g/mol. The molecule has 0 atom stereocenters. The van der Waals surface area contributed by atoms with Gasteiger partial charge in [-0.05, 0) is 42.0 Å². The van der Waals surface area contributed by atoms with Gasteiger partial charge in [0.25, 0.3) is 5.91 Å². The van der Waals surface area contributed by atoms with Crippen LogP contribution in [-0.2, 0) is 11.3 Å². The van der Waals surface area contributed by atoms with Crippen molar-refractivity contribution >= 4 is 29.6 Å². The topological polar surface area (TPSA) is 69.6 Å². The van der Waals surface area contributed by atoms with Gasteiger partial charge in [0.15, 0.2) is 0 Å². The fourth-order valence-corrected chi connectivity index (χ4v) is 2.46. The van der Waals surface area contributed by atoms with Crippen molar-refractivity contribution in [1.29, 1.82) is 0 Å². The van der Waals surface area contributed by atoms with Crippen LogP contribution in [0.3, 0.4) is 0 Å². The normalized spacial score (nSPS) is 15.9. The number of hydrogen-bond acceptors (Lipinski definition) is 3. The molecule has 0 spiro atoms. The molecule has 0 radical (unpaired) electrons. The number of hydrogen-bond donors (Lipinski definition) is 2. The highest BCUT2D eigenvalue weighted by Gasteiger charge is 2.33. The van der Waals surface area contributed by atoms with Crippen molar-refractivity contribution in [3.63, 3.8) is 0 Å². The van der Waals surface area contributed by atoms with Crippen molar-refractivity contribution in [3.8, 4) is 5.75 Å². The third-order valence-electron chi connectivity index (χ3n) is 3.51. The first-order valence-electron chi connectivity index (χ1n) is 7.01. The quantitative estimate of drug-likeness (QED) is 0.662. The number of phenolic OH excluding ortho intramolecular Hbond substituents is 1. The second-order valence-electron chi connectivity index (χ2n) is 5.21. The van der Waals surface area contributed by atoms with E-state index in [1.54, 1.807) is 0 Å². The van der Waals surface area contributed by atoms with Crippen LogP contribution in [0, 0.1) is 5.82 Å². The third kappa shape index (κ3) is 3.23. The summed E-state index contributed by atoms with van der Waals surface area (Å²) in [5.74, 6) is -0.998. The van der Waals surface area contributed by atoms with Crippen molar-refractivity contribution < 1.29 is 19.1 Å². The smallest absolute Gasteiger partial charge is 0.329 e. The van der Waals surface area contributed by atoms with Crippen LogP contribution in [0.25, 0.3) is 6.08 Å². The lowest BCUT2D eigenvalue weighted by atomic mass is 10.1. The number of halogens is 2. The van der Waals surface area contributed by atoms with Crippen LogP contribution >= 0.6 is 11.6 Å². The molecule has 5 nitrogen and oxygen atoms in total. The molecule has 24 heavy (non-hydrogen) atoms. The summed E-state index contributed by atoms with van der Waals surface area (Å²) in [6, 6.07) is 9.31.